The first-order chi connectivity index (χ1) is 7.37. The van der Waals surface area contributed by atoms with E-state index in [1.165, 1.54) is 6.42 Å². The van der Waals surface area contributed by atoms with Crippen molar-refractivity contribution in [3.8, 4) is 0 Å². The molecule has 3 N–H and O–H groups in total. The van der Waals surface area contributed by atoms with Crippen molar-refractivity contribution in [2.75, 3.05) is 26.7 Å². The third kappa shape index (κ3) is 5.47. The molecule has 1 saturated heterocycles. The fourth-order valence-corrected chi connectivity index (χ4v) is 1.98. The van der Waals surface area contributed by atoms with Gasteiger partial charge in [-0.2, -0.15) is 0 Å². The Morgan fingerprint density at radius 3 is 2.75 bits per heavy atom. The van der Waals surface area contributed by atoms with E-state index in [2.05, 4.69) is 17.3 Å². The van der Waals surface area contributed by atoms with E-state index in [0.717, 1.165) is 26.1 Å². The Morgan fingerprint density at radius 2 is 2.25 bits per heavy atom. The van der Waals surface area contributed by atoms with Crippen molar-refractivity contribution in [1.29, 1.82) is 0 Å². The van der Waals surface area contributed by atoms with Crippen molar-refractivity contribution in [2.45, 2.75) is 38.6 Å². The largest absolute Gasteiger partial charge is 0.356 e. The Balaban J connectivity index is 2.11. The Morgan fingerprint density at radius 1 is 1.56 bits per heavy atom. The lowest BCUT2D eigenvalue weighted by molar-refractivity contribution is -0.121. The van der Waals surface area contributed by atoms with Crippen LogP contribution in [-0.2, 0) is 4.79 Å². The van der Waals surface area contributed by atoms with Crippen molar-refractivity contribution >= 4 is 5.91 Å². The Kier molecular flexibility index (Phi) is 4.74. The molecule has 1 atom stereocenters. The van der Waals surface area contributed by atoms with E-state index in [9.17, 15) is 4.79 Å². The lowest BCUT2D eigenvalue weighted by Gasteiger charge is -2.18. The molecule has 1 fully saturated rings. The molecule has 1 unspecified atom stereocenters. The van der Waals surface area contributed by atoms with Crippen molar-refractivity contribution in [3.05, 3.63) is 0 Å². The maximum atomic E-state index is 11.5. The standard InChI is InChI=1S/C12H25N3O/c1-12(2,13)6-4-11(16)14-8-10-5-7-15(3)9-10/h10H,4-9,13H2,1-3H3,(H,14,16). The minimum Gasteiger partial charge on any atom is -0.356 e. The number of carbonyl (C=O) groups is 1. The zero-order valence-electron chi connectivity index (χ0n) is 10.8. The van der Waals surface area contributed by atoms with Crippen LogP contribution in [0.1, 0.15) is 33.1 Å². The van der Waals surface area contributed by atoms with Gasteiger partial charge in [0.05, 0.1) is 0 Å². The Bertz CT molecular complexity index is 235. The molecule has 0 spiro atoms. The molecule has 1 aliphatic rings. The van der Waals surface area contributed by atoms with Crippen molar-refractivity contribution in [1.82, 2.24) is 10.2 Å². The lowest BCUT2D eigenvalue weighted by Crippen LogP contribution is -2.35. The van der Waals surface area contributed by atoms with Gasteiger partial charge >= 0.3 is 0 Å². The summed E-state index contributed by atoms with van der Waals surface area (Å²) < 4.78 is 0. The number of nitrogens with two attached hydrogens (primary N) is 1. The third-order valence-electron chi connectivity index (χ3n) is 3.07. The molecule has 0 saturated carbocycles. The van der Waals surface area contributed by atoms with Gasteiger partial charge in [-0.25, -0.2) is 0 Å². The third-order valence-corrected chi connectivity index (χ3v) is 3.07. The molecule has 4 nitrogen and oxygen atoms in total. The number of carbonyl (C=O) groups excluding carboxylic acids is 1. The van der Waals surface area contributed by atoms with Crippen LogP contribution in [0.2, 0.25) is 0 Å². The molecule has 0 aliphatic carbocycles. The van der Waals surface area contributed by atoms with Gasteiger partial charge in [0.1, 0.15) is 0 Å². The Hall–Kier alpha value is -0.610. The fraction of sp³-hybridized carbons (Fsp3) is 0.917. The fourth-order valence-electron chi connectivity index (χ4n) is 1.98. The highest BCUT2D eigenvalue weighted by atomic mass is 16.1. The van der Waals surface area contributed by atoms with Crippen LogP contribution < -0.4 is 11.1 Å². The monoisotopic (exact) mass is 227 g/mol. The van der Waals surface area contributed by atoms with Gasteiger partial charge in [-0.1, -0.05) is 0 Å². The molecule has 0 radical (unpaired) electrons. The van der Waals surface area contributed by atoms with E-state index < -0.39 is 0 Å². The number of rotatable bonds is 5. The summed E-state index contributed by atoms with van der Waals surface area (Å²) in [5.74, 6) is 0.757. The summed E-state index contributed by atoms with van der Waals surface area (Å²) in [5.41, 5.74) is 5.59. The van der Waals surface area contributed by atoms with Crippen molar-refractivity contribution < 1.29 is 4.79 Å². The molecule has 0 aromatic rings. The maximum Gasteiger partial charge on any atom is 0.220 e. The van der Waals surface area contributed by atoms with E-state index in [4.69, 9.17) is 5.73 Å². The highest BCUT2D eigenvalue weighted by Gasteiger charge is 2.20. The van der Waals surface area contributed by atoms with E-state index in [1.54, 1.807) is 0 Å². The average molecular weight is 227 g/mol. The van der Waals surface area contributed by atoms with Gasteiger partial charge in [0.2, 0.25) is 5.91 Å². The van der Waals surface area contributed by atoms with Gasteiger partial charge in [-0.3, -0.25) is 4.79 Å². The molecule has 1 amide bonds. The number of hydrogen-bond acceptors (Lipinski definition) is 3. The summed E-state index contributed by atoms with van der Waals surface area (Å²) in [6.45, 7) is 6.96. The summed E-state index contributed by atoms with van der Waals surface area (Å²) in [6.07, 6.45) is 2.47. The molecule has 0 aromatic heterocycles. The zero-order valence-corrected chi connectivity index (χ0v) is 10.8. The summed E-state index contributed by atoms with van der Waals surface area (Å²) in [4.78, 5) is 13.9. The first kappa shape index (κ1) is 13.5. The predicted octanol–water partition coefficient (Wildman–Crippen LogP) is 0.572. The number of nitrogens with zero attached hydrogens (tertiary/aromatic N) is 1. The van der Waals surface area contributed by atoms with Crippen LogP contribution in [0.4, 0.5) is 0 Å². The van der Waals surface area contributed by atoms with Gasteiger partial charge < -0.3 is 16.0 Å². The van der Waals surface area contributed by atoms with Gasteiger partial charge in [0.25, 0.3) is 0 Å². The van der Waals surface area contributed by atoms with Crippen molar-refractivity contribution in [2.24, 2.45) is 11.7 Å². The summed E-state index contributed by atoms with van der Waals surface area (Å²) in [7, 11) is 2.12. The molecular weight excluding hydrogens is 202 g/mol. The predicted molar refractivity (Wildman–Crippen MR) is 66.1 cm³/mol. The molecule has 1 rings (SSSR count). The van der Waals surface area contributed by atoms with Crippen LogP contribution >= 0.6 is 0 Å². The smallest absolute Gasteiger partial charge is 0.220 e. The zero-order chi connectivity index (χ0) is 12.2. The van der Waals surface area contributed by atoms with Gasteiger partial charge in [-0.15, -0.1) is 0 Å². The molecule has 1 aliphatic heterocycles. The van der Waals surface area contributed by atoms with Crippen LogP contribution in [0.5, 0.6) is 0 Å². The highest BCUT2D eigenvalue weighted by Crippen LogP contribution is 2.13. The average Bonchev–Trinajstić information content (AvgIpc) is 2.57. The van der Waals surface area contributed by atoms with Crippen LogP contribution in [0.15, 0.2) is 0 Å². The van der Waals surface area contributed by atoms with E-state index in [-0.39, 0.29) is 11.4 Å². The van der Waals surface area contributed by atoms with E-state index in [1.807, 2.05) is 13.8 Å². The normalized spacial score (nSPS) is 22.4. The van der Waals surface area contributed by atoms with E-state index >= 15 is 0 Å². The number of amides is 1. The number of likely N-dealkylation sites (tertiary alicyclic amines) is 1. The van der Waals surface area contributed by atoms with Crippen LogP contribution in [-0.4, -0.2) is 43.0 Å². The molecule has 0 bridgehead atoms. The highest BCUT2D eigenvalue weighted by molar-refractivity contribution is 5.75. The van der Waals surface area contributed by atoms with Gasteiger partial charge in [-0.05, 0) is 46.2 Å². The van der Waals surface area contributed by atoms with Crippen molar-refractivity contribution in [3.63, 3.8) is 0 Å². The second-order valence-electron chi connectivity index (χ2n) is 5.71. The molecule has 4 heteroatoms. The first-order valence-electron chi connectivity index (χ1n) is 6.11. The summed E-state index contributed by atoms with van der Waals surface area (Å²) >= 11 is 0. The lowest BCUT2D eigenvalue weighted by atomic mass is 10.00. The number of hydrogen-bond donors (Lipinski definition) is 2. The van der Waals surface area contributed by atoms with E-state index in [0.29, 0.717) is 12.3 Å². The van der Waals surface area contributed by atoms with Crippen LogP contribution in [0.3, 0.4) is 0 Å². The molecule has 16 heavy (non-hydrogen) atoms. The minimum atomic E-state index is -0.245. The minimum absolute atomic E-state index is 0.132. The van der Waals surface area contributed by atoms with Gasteiger partial charge in [0, 0.05) is 25.0 Å². The number of nitrogens with one attached hydrogen (secondary N) is 1. The van der Waals surface area contributed by atoms with Crippen LogP contribution in [0, 0.1) is 5.92 Å². The molecule has 1 heterocycles. The SMILES string of the molecule is CN1CCC(CNC(=O)CCC(C)(C)N)C1. The molecule has 94 valence electrons. The molecule has 0 aromatic carbocycles. The van der Waals surface area contributed by atoms with Crippen LogP contribution in [0.25, 0.3) is 0 Å². The maximum absolute atomic E-state index is 11.5. The first-order valence-corrected chi connectivity index (χ1v) is 6.11. The second-order valence-corrected chi connectivity index (χ2v) is 5.71. The topological polar surface area (TPSA) is 58.4 Å². The second kappa shape index (κ2) is 5.64. The van der Waals surface area contributed by atoms with Gasteiger partial charge in [0.15, 0.2) is 0 Å². The Labute approximate surface area is 98.6 Å². The quantitative estimate of drug-likeness (QED) is 0.722. The molecular formula is C12H25N3O. The summed E-state index contributed by atoms with van der Waals surface area (Å²) in [6, 6.07) is 0. The summed E-state index contributed by atoms with van der Waals surface area (Å²) in [5, 5.41) is 3.00.